The summed E-state index contributed by atoms with van der Waals surface area (Å²) in [6, 6.07) is 0.0716. The second-order valence-electron chi connectivity index (χ2n) is 5.28. The molecule has 1 aliphatic rings. The zero-order valence-electron chi connectivity index (χ0n) is 11.8. The summed E-state index contributed by atoms with van der Waals surface area (Å²) in [6.07, 6.45) is 3.03. The maximum absolute atomic E-state index is 12.1. The van der Waals surface area contributed by atoms with Gasteiger partial charge in [-0.15, -0.1) is 0 Å². The summed E-state index contributed by atoms with van der Waals surface area (Å²) in [7, 11) is -1.17. The lowest BCUT2D eigenvalue weighted by atomic mass is 10.1. The molecule has 1 fully saturated rings. The molecule has 1 saturated heterocycles. The Morgan fingerprint density at radius 3 is 2.78 bits per heavy atom. The van der Waals surface area contributed by atoms with Crippen LogP contribution < -0.4 is 10.0 Å². The molecule has 1 aliphatic heterocycles. The number of nitrogens with zero attached hydrogens (tertiary/aromatic N) is 1. The van der Waals surface area contributed by atoms with Gasteiger partial charge in [-0.3, -0.25) is 0 Å². The standard InChI is InChI=1S/C12H27N3O2S/c1-4-7-13-9-11(2)18(16,17)14-12-6-5-8-15(3)10-12/h11-14H,4-10H2,1-3H3. The first-order valence-electron chi connectivity index (χ1n) is 6.86. The van der Waals surface area contributed by atoms with E-state index in [4.69, 9.17) is 0 Å². The van der Waals surface area contributed by atoms with Crippen molar-refractivity contribution in [3.63, 3.8) is 0 Å². The predicted molar refractivity (Wildman–Crippen MR) is 75.2 cm³/mol. The van der Waals surface area contributed by atoms with E-state index in [9.17, 15) is 8.42 Å². The van der Waals surface area contributed by atoms with Gasteiger partial charge in [0, 0.05) is 19.1 Å². The zero-order valence-corrected chi connectivity index (χ0v) is 12.6. The molecule has 0 aliphatic carbocycles. The molecule has 2 N–H and O–H groups in total. The van der Waals surface area contributed by atoms with Gasteiger partial charge in [0.25, 0.3) is 0 Å². The number of sulfonamides is 1. The third-order valence-corrected chi connectivity index (χ3v) is 5.23. The van der Waals surface area contributed by atoms with Gasteiger partial charge >= 0.3 is 0 Å². The van der Waals surface area contributed by atoms with E-state index in [2.05, 4.69) is 21.9 Å². The number of likely N-dealkylation sites (tertiary alicyclic amines) is 1. The largest absolute Gasteiger partial charge is 0.315 e. The van der Waals surface area contributed by atoms with Crippen molar-refractivity contribution in [3.8, 4) is 0 Å². The molecule has 0 saturated carbocycles. The molecule has 0 aromatic heterocycles. The quantitative estimate of drug-likeness (QED) is 0.661. The van der Waals surface area contributed by atoms with Gasteiger partial charge in [-0.2, -0.15) is 0 Å². The van der Waals surface area contributed by atoms with Crippen molar-refractivity contribution in [3.05, 3.63) is 0 Å². The average Bonchev–Trinajstić information content (AvgIpc) is 2.28. The topological polar surface area (TPSA) is 61.4 Å². The second-order valence-corrected chi connectivity index (χ2v) is 7.41. The Morgan fingerprint density at radius 2 is 2.17 bits per heavy atom. The fourth-order valence-electron chi connectivity index (χ4n) is 2.20. The molecular formula is C12H27N3O2S. The molecule has 0 amide bonds. The fourth-order valence-corrected chi connectivity index (χ4v) is 3.43. The molecule has 0 aromatic rings. The van der Waals surface area contributed by atoms with Gasteiger partial charge in [0.2, 0.25) is 10.0 Å². The summed E-state index contributed by atoms with van der Waals surface area (Å²) >= 11 is 0. The summed E-state index contributed by atoms with van der Waals surface area (Å²) in [5.41, 5.74) is 0. The Labute approximate surface area is 111 Å². The van der Waals surface area contributed by atoms with Crippen LogP contribution in [0.3, 0.4) is 0 Å². The lowest BCUT2D eigenvalue weighted by Gasteiger charge is -2.30. The third-order valence-electron chi connectivity index (χ3n) is 3.34. The van der Waals surface area contributed by atoms with Gasteiger partial charge in [0.1, 0.15) is 0 Å². The van der Waals surface area contributed by atoms with Crippen LogP contribution in [0, 0.1) is 0 Å². The first-order valence-corrected chi connectivity index (χ1v) is 8.40. The monoisotopic (exact) mass is 277 g/mol. The van der Waals surface area contributed by atoms with Crippen LogP contribution in [0.2, 0.25) is 0 Å². The van der Waals surface area contributed by atoms with Crippen LogP contribution >= 0.6 is 0 Å². The molecule has 18 heavy (non-hydrogen) atoms. The first kappa shape index (κ1) is 15.9. The van der Waals surface area contributed by atoms with E-state index in [0.29, 0.717) is 6.54 Å². The Hall–Kier alpha value is -0.170. The molecule has 108 valence electrons. The predicted octanol–water partition coefficient (Wildman–Crippen LogP) is 0.388. The van der Waals surface area contributed by atoms with Crippen LogP contribution in [0.4, 0.5) is 0 Å². The lowest BCUT2D eigenvalue weighted by molar-refractivity contribution is 0.242. The van der Waals surface area contributed by atoms with Crippen molar-refractivity contribution in [2.24, 2.45) is 0 Å². The van der Waals surface area contributed by atoms with E-state index in [0.717, 1.165) is 38.9 Å². The van der Waals surface area contributed by atoms with E-state index < -0.39 is 10.0 Å². The summed E-state index contributed by atoms with van der Waals surface area (Å²) in [6.45, 7) is 7.09. The van der Waals surface area contributed by atoms with E-state index in [-0.39, 0.29) is 11.3 Å². The Kier molecular flexibility index (Phi) is 6.55. The number of nitrogens with one attached hydrogen (secondary N) is 2. The van der Waals surface area contributed by atoms with Crippen LogP contribution in [-0.2, 0) is 10.0 Å². The van der Waals surface area contributed by atoms with Gasteiger partial charge in [-0.1, -0.05) is 6.92 Å². The van der Waals surface area contributed by atoms with E-state index in [1.54, 1.807) is 6.92 Å². The van der Waals surface area contributed by atoms with E-state index in [1.807, 2.05) is 7.05 Å². The molecule has 1 heterocycles. The minimum absolute atomic E-state index is 0.0716. The molecule has 1 rings (SSSR count). The Morgan fingerprint density at radius 1 is 1.44 bits per heavy atom. The average molecular weight is 277 g/mol. The van der Waals surface area contributed by atoms with Crippen molar-refractivity contribution in [2.75, 3.05) is 33.2 Å². The molecule has 0 spiro atoms. The lowest BCUT2D eigenvalue weighted by Crippen LogP contribution is -2.49. The second kappa shape index (κ2) is 7.43. The molecule has 2 unspecified atom stereocenters. The van der Waals surface area contributed by atoms with Crippen LogP contribution in [0.1, 0.15) is 33.1 Å². The highest BCUT2D eigenvalue weighted by molar-refractivity contribution is 7.90. The SMILES string of the molecule is CCCNCC(C)S(=O)(=O)NC1CCCN(C)C1. The van der Waals surface area contributed by atoms with Gasteiger partial charge in [-0.25, -0.2) is 13.1 Å². The minimum atomic E-state index is -3.20. The zero-order chi connectivity index (χ0) is 13.6. The van der Waals surface area contributed by atoms with Gasteiger partial charge < -0.3 is 10.2 Å². The van der Waals surface area contributed by atoms with Crippen LogP contribution in [0.15, 0.2) is 0 Å². The highest BCUT2D eigenvalue weighted by atomic mass is 32.2. The Bertz CT molecular complexity index is 332. The first-order chi connectivity index (χ1) is 8.45. The van der Waals surface area contributed by atoms with E-state index in [1.165, 1.54) is 0 Å². The molecule has 0 bridgehead atoms. The molecule has 2 atom stereocenters. The molecule has 5 nitrogen and oxygen atoms in total. The molecular weight excluding hydrogens is 250 g/mol. The van der Waals surface area contributed by atoms with Gasteiger partial charge in [0.05, 0.1) is 5.25 Å². The van der Waals surface area contributed by atoms with Crippen molar-refractivity contribution in [1.29, 1.82) is 0 Å². The smallest absolute Gasteiger partial charge is 0.215 e. The number of rotatable bonds is 7. The van der Waals surface area contributed by atoms with Gasteiger partial charge in [0.15, 0.2) is 0 Å². The van der Waals surface area contributed by atoms with Crippen LogP contribution in [0.5, 0.6) is 0 Å². The summed E-state index contributed by atoms with van der Waals surface area (Å²) < 4.78 is 27.1. The van der Waals surface area contributed by atoms with Crippen molar-refractivity contribution in [2.45, 2.75) is 44.4 Å². The highest BCUT2D eigenvalue weighted by Crippen LogP contribution is 2.10. The maximum Gasteiger partial charge on any atom is 0.215 e. The highest BCUT2D eigenvalue weighted by Gasteiger charge is 2.26. The molecule has 0 aromatic carbocycles. The Balaban J connectivity index is 2.42. The minimum Gasteiger partial charge on any atom is -0.315 e. The molecule has 0 radical (unpaired) electrons. The number of likely N-dealkylation sites (N-methyl/N-ethyl adjacent to an activating group) is 1. The summed E-state index contributed by atoms with van der Waals surface area (Å²) in [5.74, 6) is 0. The number of hydrogen-bond donors (Lipinski definition) is 2. The normalized spacial score (nSPS) is 24.1. The fraction of sp³-hybridized carbons (Fsp3) is 1.00. The molecule has 6 heteroatoms. The third kappa shape index (κ3) is 5.22. The van der Waals surface area contributed by atoms with E-state index >= 15 is 0 Å². The number of hydrogen-bond acceptors (Lipinski definition) is 4. The number of piperidine rings is 1. The van der Waals surface area contributed by atoms with Crippen molar-refractivity contribution in [1.82, 2.24) is 14.9 Å². The van der Waals surface area contributed by atoms with Crippen molar-refractivity contribution < 1.29 is 8.42 Å². The summed E-state index contributed by atoms with van der Waals surface area (Å²) in [4.78, 5) is 2.18. The maximum atomic E-state index is 12.1. The van der Waals surface area contributed by atoms with Crippen LogP contribution in [-0.4, -0.2) is 57.8 Å². The van der Waals surface area contributed by atoms with Crippen molar-refractivity contribution >= 4 is 10.0 Å². The van der Waals surface area contributed by atoms with Gasteiger partial charge in [-0.05, 0) is 46.3 Å². The summed E-state index contributed by atoms with van der Waals surface area (Å²) in [5, 5.41) is 2.78. The van der Waals surface area contributed by atoms with Crippen LogP contribution in [0.25, 0.3) is 0 Å².